The minimum absolute atomic E-state index is 0.202. The third-order valence-corrected chi connectivity index (χ3v) is 4.29. The zero-order valence-electron chi connectivity index (χ0n) is 13.0. The van der Waals surface area contributed by atoms with Crippen LogP contribution >= 0.6 is 11.6 Å². The predicted molar refractivity (Wildman–Crippen MR) is 95.8 cm³/mol. The van der Waals surface area contributed by atoms with Crippen LogP contribution in [0.15, 0.2) is 42.6 Å². The third-order valence-electron chi connectivity index (χ3n) is 4.11. The van der Waals surface area contributed by atoms with E-state index in [9.17, 15) is 0 Å². The Kier molecular flexibility index (Phi) is 4.04. The maximum absolute atomic E-state index is 5.79. The minimum atomic E-state index is 0.202. The predicted octanol–water partition coefficient (Wildman–Crippen LogP) is 3.86. The number of anilines is 3. The van der Waals surface area contributed by atoms with Crippen molar-refractivity contribution in [3.05, 3.63) is 47.9 Å². The molecule has 1 aromatic carbocycles. The first-order valence-corrected chi connectivity index (χ1v) is 8.32. The average Bonchev–Trinajstić information content (AvgIpc) is 3.27. The Morgan fingerprint density at radius 3 is 2.58 bits per heavy atom. The van der Waals surface area contributed by atoms with E-state index in [0.717, 1.165) is 24.3 Å². The van der Waals surface area contributed by atoms with Crippen LogP contribution in [-0.2, 0) is 0 Å². The molecule has 0 radical (unpaired) electrons. The Morgan fingerprint density at radius 2 is 1.83 bits per heavy atom. The molecule has 0 atom stereocenters. The van der Waals surface area contributed by atoms with Gasteiger partial charge in [-0.05, 0) is 48.2 Å². The molecule has 1 aliphatic rings. The first kappa shape index (κ1) is 15.0. The highest BCUT2D eigenvalue weighted by Crippen LogP contribution is 2.26. The molecule has 3 aromatic rings. The highest BCUT2D eigenvalue weighted by molar-refractivity contribution is 6.28. The molecule has 1 aliphatic heterocycles. The molecule has 1 fully saturated rings. The van der Waals surface area contributed by atoms with Crippen LogP contribution in [0.1, 0.15) is 12.8 Å². The lowest BCUT2D eigenvalue weighted by molar-refractivity contribution is 0.949. The van der Waals surface area contributed by atoms with Gasteiger partial charge in [-0.3, -0.25) is 5.10 Å². The number of nitrogens with one attached hydrogen (secondary N) is 2. The Bertz CT molecular complexity index is 823. The van der Waals surface area contributed by atoms with Gasteiger partial charge in [-0.25, -0.2) is 9.97 Å². The number of hydrogen-bond donors (Lipinski definition) is 2. The van der Waals surface area contributed by atoms with Crippen LogP contribution in [0.4, 0.5) is 17.3 Å². The van der Waals surface area contributed by atoms with Gasteiger partial charge >= 0.3 is 0 Å². The monoisotopic (exact) mass is 340 g/mol. The number of benzene rings is 1. The van der Waals surface area contributed by atoms with Gasteiger partial charge < -0.3 is 10.2 Å². The summed E-state index contributed by atoms with van der Waals surface area (Å²) in [5.74, 6) is 1.29. The molecule has 0 aliphatic carbocycles. The van der Waals surface area contributed by atoms with Crippen molar-refractivity contribution < 1.29 is 0 Å². The smallest absolute Gasteiger partial charge is 0.224 e. The van der Waals surface area contributed by atoms with Crippen molar-refractivity contribution in [1.29, 1.82) is 0 Å². The Hall–Kier alpha value is -2.60. The Balaban J connectivity index is 1.49. The number of rotatable bonds is 4. The molecule has 6 nitrogen and oxygen atoms in total. The SMILES string of the molecule is Clc1nccc(Nc2cc(-c3ccc(N4CCCC4)cc3)[nH]n2)n1. The summed E-state index contributed by atoms with van der Waals surface area (Å²) in [4.78, 5) is 10.4. The molecule has 0 spiro atoms. The van der Waals surface area contributed by atoms with Crippen molar-refractivity contribution in [2.45, 2.75) is 12.8 Å². The standard InChI is InChI=1S/C17H17ClN6/c18-17-19-8-7-15(21-17)20-16-11-14(22-23-16)12-3-5-13(6-4-12)24-9-1-2-10-24/h3-8,11H,1-2,9-10H2,(H2,19,20,21,22,23). The summed E-state index contributed by atoms with van der Waals surface area (Å²) < 4.78 is 0. The fourth-order valence-corrected chi connectivity index (χ4v) is 3.04. The average molecular weight is 341 g/mol. The number of H-pyrrole nitrogens is 1. The van der Waals surface area contributed by atoms with Crippen LogP contribution < -0.4 is 10.2 Å². The summed E-state index contributed by atoms with van der Waals surface area (Å²) in [6.45, 7) is 2.30. The topological polar surface area (TPSA) is 69.7 Å². The maximum atomic E-state index is 5.79. The summed E-state index contributed by atoms with van der Waals surface area (Å²) in [7, 11) is 0. The van der Waals surface area contributed by atoms with Crippen LogP contribution in [0.25, 0.3) is 11.3 Å². The second-order valence-corrected chi connectivity index (χ2v) is 6.08. The van der Waals surface area contributed by atoms with E-state index < -0.39 is 0 Å². The summed E-state index contributed by atoms with van der Waals surface area (Å²) >= 11 is 5.79. The molecule has 0 bridgehead atoms. The zero-order chi connectivity index (χ0) is 16.4. The molecule has 2 N–H and O–H groups in total. The van der Waals surface area contributed by atoms with Crippen molar-refractivity contribution in [2.24, 2.45) is 0 Å². The fourth-order valence-electron chi connectivity index (χ4n) is 2.90. The highest BCUT2D eigenvalue weighted by atomic mass is 35.5. The van der Waals surface area contributed by atoms with Gasteiger partial charge in [0.1, 0.15) is 5.82 Å². The van der Waals surface area contributed by atoms with Gasteiger partial charge in [-0.1, -0.05) is 12.1 Å². The van der Waals surface area contributed by atoms with Crippen molar-refractivity contribution in [1.82, 2.24) is 20.2 Å². The van der Waals surface area contributed by atoms with Gasteiger partial charge in [0.25, 0.3) is 0 Å². The van der Waals surface area contributed by atoms with Crippen LogP contribution in [0.3, 0.4) is 0 Å². The Morgan fingerprint density at radius 1 is 1.04 bits per heavy atom. The molecule has 0 unspecified atom stereocenters. The second-order valence-electron chi connectivity index (χ2n) is 5.74. The molecule has 122 valence electrons. The van der Waals surface area contributed by atoms with Gasteiger partial charge in [0.2, 0.25) is 5.28 Å². The third kappa shape index (κ3) is 3.19. The first-order chi connectivity index (χ1) is 11.8. The van der Waals surface area contributed by atoms with Crippen LogP contribution in [0.5, 0.6) is 0 Å². The fraction of sp³-hybridized carbons (Fsp3) is 0.235. The number of halogens is 1. The second kappa shape index (κ2) is 6.49. The summed E-state index contributed by atoms with van der Waals surface area (Å²) in [5, 5.41) is 10.6. The van der Waals surface area contributed by atoms with Crippen molar-refractivity contribution in [2.75, 3.05) is 23.3 Å². The number of hydrogen-bond acceptors (Lipinski definition) is 5. The van der Waals surface area contributed by atoms with Gasteiger partial charge in [-0.2, -0.15) is 5.10 Å². The molecule has 24 heavy (non-hydrogen) atoms. The van der Waals surface area contributed by atoms with Crippen molar-refractivity contribution in [3.63, 3.8) is 0 Å². The molecule has 3 heterocycles. The van der Waals surface area contributed by atoms with E-state index in [2.05, 4.69) is 54.6 Å². The molecule has 0 saturated carbocycles. The highest BCUT2D eigenvalue weighted by Gasteiger charge is 2.12. The van der Waals surface area contributed by atoms with E-state index in [1.807, 2.05) is 6.07 Å². The molecule has 7 heteroatoms. The lowest BCUT2D eigenvalue weighted by atomic mass is 10.1. The zero-order valence-corrected chi connectivity index (χ0v) is 13.8. The van der Waals surface area contributed by atoms with E-state index in [-0.39, 0.29) is 5.28 Å². The molecule has 4 rings (SSSR count). The molecule has 1 saturated heterocycles. The van der Waals surface area contributed by atoms with E-state index in [1.165, 1.54) is 18.5 Å². The summed E-state index contributed by atoms with van der Waals surface area (Å²) in [6, 6.07) is 12.3. The van der Waals surface area contributed by atoms with E-state index in [0.29, 0.717) is 11.6 Å². The van der Waals surface area contributed by atoms with Crippen LogP contribution in [0.2, 0.25) is 5.28 Å². The molecular weight excluding hydrogens is 324 g/mol. The van der Waals surface area contributed by atoms with Crippen molar-refractivity contribution >= 4 is 28.9 Å². The first-order valence-electron chi connectivity index (χ1n) is 7.94. The molecule has 0 amide bonds. The van der Waals surface area contributed by atoms with E-state index >= 15 is 0 Å². The number of aromatic amines is 1. The van der Waals surface area contributed by atoms with E-state index in [4.69, 9.17) is 11.6 Å². The van der Waals surface area contributed by atoms with Gasteiger partial charge in [-0.15, -0.1) is 0 Å². The largest absolute Gasteiger partial charge is 0.372 e. The molecular formula is C17H17ClN6. The van der Waals surface area contributed by atoms with Crippen LogP contribution in [0, 0.1) is 0 Å². The van der Waals surface area contributed by atoms with E-state index in [1.54, 1.807) is 12.3 Å². The van der Waals surface area contributed by atoms with Gasteiger partial charge in [0, 0.05) is 31.0 Å². The quantitative estimate of drug-likeness (QED) is 0.706. The van der Waals surface area contributed by atoms with Crippen molar-refractivity contribution in [3.8, 4) is 11.3 Å². The number of aromatic nitrogens is 4. The normalized spacial score (nSPS) is 14.1. The van der Waals surface area contributed by atoms with Crippen LogP contribution in [-0.4, -0.2) is 33.3 Å². The number of nitrogens with zero attached hydrogens (tertiary/aromatic N) is 4. The van der Waals surface area contributed by atoms with Gasteiger partial charge in [0.05, 0.1) is 5.69 Å². The lowest BCUT2D eigenvalue weighted by Gasteiger charge is -2.17. The molecule has 2 aromatic heterocycles. The lowest BCUT2D eigenvalue weighted by Crippen LogP contribution is -2.17. The summed E-state index contributed by atoms with van der Waals surface area (Å²) in [5.41, 5.74) is 3.33. The minimum Gasteiger partial charge on any atom is -0.372 e. The maximum Gasteiger partial charge on any atom is 0.224 e. The summed E-state index contributed by atoms with van der Waals surface area (Å²) in [6.07, 6.45) is 4.16. The Labute approximate surface area is 144 Å². The van der Waals surface area contributed by atoms with Gasteiger partial charge in [0.15, 0.2) is 5.82 Å².